The summed E-state index contributed by atoms with van der Waals surface area (Å²) in [7, 11) is 0. The Bertz CT molecular complexity index is 340. The van der Waals surface area contributed by atoms with Gasteiger partial charge in [0.25, 0.3) is 12.4 Å². The smallest absolute Gasteiger partial charge is 0.336 e. The first kappa shape index (κ1) is 26.8. The first-order valence-electron chi connectivity index (χ1n) is 4.59. The molecule has 0 aromatic rings. The van der Waals surface area contributed by atoms with Gasteiger partial charge in [-0.2, -0.15) is 0 Å². The van der Waals surface area contributed by atoms with Crippen molar-refractivity contribution in [3.63, 3.8) is 0 Å². The van der Waals surface area contributed by atoms with Crippen LogP contribution in [0.1, 0.15) is 19.8 Å². The monoisotopic (exact) mass is 316 g/mol. The third-order valence-corrected chi connectivity index (χ3v) is 1.29. The summed E-state index contributed by atoms with van der Waals surface area (Å²) in [5.74, 6) is -5.85. The maximum atomic E-state index is 10.3. The highest BCUT2D eigenvalue weighted by molar-refractivity contribution is 5.88. The molecule has 0 fully saturated rings. The minimum Gasteiger partial charge on any atom is -0.483 e. The lowest BCUT2D eigenvalue weighted by Gasteiger charge is -2.18. The molecule has 0 aromatic carbocycles. The van der Waals surface area contributed by atoms with Crippen LogP contribution in [0.5, 0.6) is 0 Å². The van der Waals surface area contributed by atoms with Gasteiger partial charge in [0, 0.05) is 6.92 Å². The van der Waals surface area contributed by atoms with E-state index in [0.717, 1.165) is 6.92 Å². The Labute approximate surface area is 117 Å². The Morgan fingerprint density at radius 2 is 1.14 bits per heavy atom. The van der Waals surface area contributed by atoms with E-state index in [4.69, 9.17) is 40.2 Å². The van der Waals surface area contributed by atoms with Crippen molar-refractivity contribution in [1.82, 2.24) is 0 Å². The third kappa shape index (κ3) is 22.9. The molecule has 0 aliphatic heterocycles. The van der Waals surface area contributed by atoms with Gasteiger partial charge in [-0.05, 0) is 0 Å². The van der Waals surface area contributed by atoms with E-state index < -0.39 is 42.3 Å². The SMILES string of the molecule is CC(=O)O.O.O=C(O)CC(O)(CC(=O)O)C(=O)O.O=CO. The molecule has 0 bridgehead atoms. The van der Waals surface area contributed by atoms with Gasteiger partial charge in [-0.3, -0.25) is 19.2 Å². The van der Waals surface area contributed by atoms with Crippen LogP contribution < -0.4 is 0 Å². The molecule has 12 nitrogen and oxygen atoms in total. The first-order chi connectivity index (χ1) is 8.92. The Hall–Kier alpha value is -2.73. The molecule has 0 aliphatic carbocycles. The van der Waals surface area contributed by atoms with Crippen molar-refractivity contribution in [3.05, 3.63) is 0 Å². The Morgan fingerprint density at radius 3 is 1.24 bits per heavy atom. The molecule has 124 valence electrons. The number of carbonyl (C=O) groups is 5. The first-order valence-corrected chi connectivity index (χ1v) is 4.59. The lowest BCUT2D eigenvalue weighted by atomic mass is 9.96. The van der Waals surface area contributed by atoms with Crippen LogP contribution in [0.3, 0.4) is 0 Å². The maximum absolute atomic E-state index is 10.3. The van der Waals surface area contributed by atoms with Gasteiger partial charge in [0.1, 0.15) is 0 Å². The van der Waals surface area contributed by atoms with Gasteiger partial charge in [-0.15, -0.1) is 0 Å². The van der Waals surface area contributed by atoms with Crippen LogP contribution in [0.15, 0.2) is 0 Å². The number of aliphatic carboxylic acids is 4. The number of rotatable bonds is 5. The molecule has 0 radical (unpaired) electrons. The van der Waals surface area contributed by atoms with Crippen molar-refractivity contribution in [1.29, 1.82) is 0 Å². The molecule has 0 unspecified atom stereocenters. The standard InChI is InChI=1S/C6H8O7.C2H4O2.CH2O2.H2O/c7-3(8)1-6(13,5(11)12)2-4(9)10;1-2(3)4;2-1-3;/h13H,1-2H2,(H,7,8)(H,9,10)(H,11,12);1H3,(H,3,4);1H,(H,2,3);1H2. The highest BCUT2D eigenvalue weighted by atomic mass is 16.4. The Morgan fingerprint density at radius 1 is 0.952 bits per heavy atom. The van der Waals surface area contributed by atoms with Gasteiger partial charge in [0.15, 0.2) is 5.60 Å². The summed E-state index contributed by atoms with van der Waals surface area (Å²) in [5, 5.41) is 48.1. The maximum Gasteiger partial charge on any atom is 0.336 e. The van der Waals surface area contributed by atoms with Crippen molar-refractivity contribution in [3.8, 4) is 0 Å². The fourth-order valence-corrected chi connectivity index (χ4v) is 0.714. The molecule has 0 saturated carbocycles. The summed E-state index contributed by atoms with van der Waals surface area (Å²) in [4.78, 5) is 47.8. The molecule has 0 aromatic heterocycles. The number of carboxylic acid groups (broad SMARTS) is 5. The zero-order chi connectivity index (χ0) is 16.9. The van der Waals surface area contributed by atoms with E-state index in [1.807, 2.05) is 0 Å². The zero-order valence-electron chi connectivity index (χ0n) is 10.7. The van der Waals surface area contributed by atoms with Crippen LogP contribution in [0.25, 0.3) is 0 Å². The molecule has 0 aliphatic rings. The van der Waals surface area contributed by atoms with E-state index in [0.29, 0.717) is 0 Å². The molecule has 21 heavy (non-hydrogen) atoms. The molecule has 0 saturated heterocycles. The van der Waals surface area contributed by atoms with Crippen molar-refractivity contribution in [2.75, 3.05) is 0 Å². The van der Waals surface area contributed by atoms with E-state index in [-0.39, 0.29) is 11.9 Å². The Kier molecular flexibility index (Phi) is 17.5. The van der Waals surface area contributed by atoms with E-state index in [1.54, 1.807) is 0 Å². The predicted molar refractivity (Wildman–Crippen MR) is 62.7 cm³/mol. The minimum absolute atomic E-state index is 0. The molecular formula is C9H16O12. The second-order valence-corrected chi connectivity index (χ2v) is 3.10. The minimum atomic E-state index is -2.74. The van der Waals surface area contributed by atoms with Gasteiger partial charge >= 0.3 is 17.9 Å². The summed E-state index contributed by atoms with van der Waals surface area (Å²) >= 11 is 0. The topological polar surface area (TPSA) is 238 Å². The molecular weight excluding hydrogens is 300 g/mol. The van der Waals surface area contributed by atoms with Gasteiger partial charge < -0.3 is 36.1 Å². The molecule has 8 N–H and O–H groups in total. The van der Waals surface area contributed by atoms with Crippen molar-refractivity contribution < 1.29 is 60.1 Å². The summed E-state index contributed by atoms with van der Waals surface area (Å²) in [6, 6.07) is 0. The summed E-state index contributed by atoms with van der Waals surface area (Å²) in [6.45, 7) is 0.833. The Balaban J connectivity index is -0.000000152. The summed E-state index contributed by atoms with van der Waals surface area (Å²) in [6.07, 6.45) is -2.29. The largest absolute Gasteiger partial charge is 0.483 e. The number of aliphatic hydroxyl groups is 1. The zero-order valence-corrected chi connectivity index (χ0v) is 10.7. The fraction of sp³-hybridized carbons (Fsp3) is 0.444. The van der Waals surface area contributed by atoms with E-state index >= 15 is 0 Å². The van der Waals surface area contributed by atoms with Crippen molar-refractivity contribution in [2.24, 2.45) is 0 Å². The molecule has 0 amide bonds. The molecule has 12 heteroatoms. The van der Waals surface area contributed by atoms with E-state index in [9.17, 15) is 14.4 Å². The van der Waals surface area contributed by atoms with Gasteiger partial charge in [0.2, 0.25) is 0 Å². The van der Waals surface area contributed by atoms with E-state index in [2.05, 4.69) is 0 Å². The van der Waals surface area contributed by atoms with Crippen molar-refractivity contribution in [2.45, 2.75) is 25.4 Å². The van der Waals surface area contributed by atoms with Crippen LogP contribution >= 0.6 is 0 Å². The van der Waals surface area contributed by atoms with Crippen LogP contribution in [0.2, 0.25) is 0 Å². The highest BCUT2D eigenvalue weighted by Crippen LogP contribution is 2.15. The molecule has 0 spiro atoms. The summed E-state index contributed by atoms with van der Waals surface area (Å²) in [5.41, 5.74) is -2.74. The third-order valence-electron chi connectivity index (χ3n) is 1.29. The van der Waals surface area contributed by atoms with Crippen molar-refractivity contribution >= 4 is 30.3 Å². The van der Waals surface area contributed by atoms with Gasteiger partial charge in [0.05, 0.1) is 12.8 Å². The van der Waals surface area contributed by atoms with Crippen LogP contribution in [0.4, 0.5) is 0 Å². The lowest BCUT2D eigenvalue weighted by Crippen LogP contribution is -2.42. The molecule has 0 heterocycles. The quantitative estimate of drug-likeness (QED) is 0.295. The van der Waals surface area contributed by atoms with E-state index in [1.165, 1.54) is 0 Å². The van der Waals surface area contributed by atoms with Crippen LogP contribution in [-0.4, -0.2) is 72.1 Å². The lowest BCUT2D eigenvalue weighted by molar-refractivity contribution is -0.170. The van der Waals surface area contributed by atoms with Gasteiger partial charge in [-0.1, -0.05) is 0 Å². The second kappa shape index (κ2) is 13.7. The summed E-state index contributed by atoms with van der Waals surface area (Å²) < 4.78 is 0. The average Bonchev–Trinajstić information content (AvgIpc) is 2.14. The normalized spacial score (nSPS) is 8.48. The predicted octanol–water partition coefficient (Wildman–Crippen LogP) is -2.28. The van der Waals surface area contributed by atoms with Crippen LogP contribution in [-0.2, 0) is 24.0 Å². The van der Waals surface area contributed by atoms with Gasteiger partial charge in [-0.25, -0.2) is 4.79 Å². The highest BCUT2D eigenvalue weighted by Gasteiger charge is 2.40. The fourth-order valence-electron chi connectivity index (χ4n) is 0.714. The average molecular weight is 316 g/mol. The molecule has 0 rings (SSSR count). The number of hydrogen-bond acceptors (Lipinski definition) is 6. The number of carboxylic acids is 4. The molecule has 0 atom stereocenters. The number of hydrogen-bond donors (Lipinski definition) is 6. The second-order valence-electron chi connectivity index (χ2n) is 3.10. The van der Waals surface area contributed by atoms with Crippen LogP contribution in [0, 0.1) is 0 Å².